The fraction of sp³-hybridized carbons (Fsp3) is 0.308. The molecule has 2 rings (SSSR count). The molecule has 0 saturated carbocycles. The molecule has 96 valence electrons. The van der Waals surface area contributed by atoms with E-state index >= 15 is 0 Å². The maximum atomic E-state index is 8.91. The molecule has 5 heteroatoms. The van der Waals surface area contributed by atoms with Gasteiger partial charge in [-0.2, -0.15) is 5.10 Å². The van der Waals surface area contributed by atoms with Gasteiger partial charge in [-0.25, -0.2) is 0 Å². The lowest BCUT2D eigenvalue weighted by Crippen LogP contribution is -2.07. The number of benzene rings is 1. The molecule has 0 bridgehead atoms. The third-order valence-corrected chi connectivity index (χ3v) is 3.63. The Balaban J connectivity index is 2.15. The Morgan fingerprint density at radius 2 is 2.00 bits per heavy atom. The topological polar surface area (TPSA) is 38.1 Å². The van der Waals surface area contributed by atoms with E-state index in [0.29, 0.717) is 6.54 Å². The smallest absolute Gasteiger partial charge is 0.0663 e. The van der Waals surface area contributed by atoms with Crippen LogP contribution in [0.15, 0.2) is 34.9 Å². The summed E-state index contributed by atoms with van der Waals surface area (Å²) in [5.74, 6) is 0. The molecule has 1 heterocycles. The monoisotopic (exact) mass is 328 g/mol. The van der Waals surface area contributed by atoms with Gasteiger partial charge in [-0.15, -0.1) is 0 Å². The highest BCUT2D eigenvalue weighted by Gasteiger charge is 2.08. The van der Waals surface area contributed by atoms with Crippen LogP contribution in [0.2, 0.25) is 5.02 Å². The van der Waals surface area contributed by atoms with E-state index in [2.05, 4.69) is 21.0 Å². The maximum Gasteiger partial charge on any atom is 0.0663 e. The van der Waals surface area contributed by atoms with Gasteiger partial charge in [-0.3, -0.25) is 4.68 Å². The molecular weight excluding hydrogens is 316 g/mol. The normalized spacial score (nSPS) is 10.8. The third-order valence-electron chi connectivity index (χ3n) is 2.72. The summed E-state index contributed by atoms with van der Waals surface area (Å²) in [4.78, 5) is 0. The molecule has 0 aliphatic carbocycles. The molecular formula is C13H14BrClN2O. The molecule has 3 nitrogen and oxygen atoms in total. The van der Waals surface area contributed by atoms with Crippen LogP contribution in [0.1, 0.15) is 17.7 Å². The highest BCUT2D eigenvalue weighted by Crippen LogP contribution is 2.19. The molecule has 1 N–H and O–H groups in total. The van der Waals surface area contributed by atoms with Gasteiger partial charge in [0.2, 0.25) is 0 Å². The van der Waals surface area contributed by atoms with Crippen LogP contribution in [0.25, 0.3) is 0 Å². The van der Waals surface area contributed by atoms with Gasteiger partial charge in [-0.05, 0) is 46.5 Å². The summed E-state index contributed by atoms with van der Waals surface area (Å²) in [6, 6.07) is 7.74. The van der Waals surface area contributed by atoms with Crippen molar-refractivity contribution in [1.29, 1.82) is 0 Å². The zero-order valence-electron chi connectivity index (χ0n) is 9.81. The molecule has 0 aliphatic heterocycles. The first kappa shape index (κ1) is 13.6. The van der Waals surface area contributed by atoms with Crippen molar-refractivity contribution in [2.45, 2.75) is 19.4 Å². The number of hydrogen-bond acceptors (Lipinski definition) is 2. The Morgan fingerprint density at radius 1 is 1.28 bits per heavy atom. The van der Waals surface area contributed by atoms with Crippen molar-refractivity contribution < 1.29 is 5.11 Å². The largest absolute Gasteiger partial charge is 0.396 e. The first-order valence-electron chi connectivity index (χ1n) is 5.76. The number of nitrogens with zero attached hydrogens (tertiary/aromatic N) is 2. The van der Waals surface area contributed by atoms with Gasteiger partial charge in [0.15, 0.2) is 0 Å². The average molecular weight is 330 g/mol. The average Bonchev–Trinajstić information content (AvgIpc) is 2.71. The van der Waals surface area contributed by atoms with E-state index < -0.39 is 0 Å². The number of hydrogen-bond donors (Lipinski definition) is 1. The van der Waals surface area contributed by atoms with E-state index in [-0.39, 0.29) is 6.61 Å². The first-order chi connectivity index (χ1) is 8.70. The molecule has 0 amide bonds. The van der Waals surface area contributed by atoms with Gasteiger partial charge in [0, 0.05) is 11.6 Å². The van der Waals surface area contributed by atoms with Crippen LogP contribution in [0.5, 0.6) is 0 Å². The quantitative estimate of drug-likeness (QED) is 0.914. The minimum Gasteiger partial charge on any atom is -0.396 e. The summed E-state index contributed by atoms with van der Waals surface area (Å²) in [6.07, 6.45) is 3.35. The van der Waals surface area contributed by atoms with Crippen molar-refractivity contribution in [1.82, 2.24) is 9.78 Å². The van der Waals surface area contributed by atoms with E-state index in [4.69, 9.17) is 16.7 Å². The Hall–Kier alpha value is -0.840. The lowest BCUT2D eigenvalue weighted by Gasteiger charge is -2.08. The van der Waals surface area contributed by atoms with Crippen molar-refractivity contribution in [3.8, 4) is 0 Å². The summed E-state index contributed by atoms with van der Waals surface area (Å²) in [5.41, 5.74) is 2.26. The molecule has 0 unspecified atom stereocenters. The van der Waals surface area contributed by atoms with Gasteiger partial charge < -0.3 is 5.11 Å². The fourth-order valence-corrected chi connectivity index (χ4v) is 2.40. The van der Waals surface area contributed by atoms with Crippen LogP contribution in [0, 0.1) is 0 Å². The van der Waals surface area contributed by atoms with Crippen LogP contribution in [0.4, 0.5) is 0 Å². The van der Waals surface area contributed by atoms with Gasteiger partial charge in [0.1, 0.15) is 0 Å². The van der Waals surface area contributed by atoms with Crippen molar-refractivity contribution in [2.75, 3.05) is 6.61 Å². The van der Waals surface area contributed by atoms with Gasteiger partial charge in [0.25, 0.3) is 0 Å². The van der Waals surface area contributed by atoms with Crippen LogP contribution >= 0.6 is 27.5 Å². The second-order valence-electron chi connectivity index (χ2n) is 4.05. The Bertz CT molecular complexity index is 510. The zero-order chi connectivity index (χ0) is 13.0. The highest BCUT2D eigenvalue weighted by atomic mass is 79.9. The summed E-state index contributed by atoms with van der Waals surface area (Å²) in [6.45, 7) is 0.905. The van der Waals surface area contributed by atoms with E-state index in [1.165, 1.54) is 0 Å². The summed E-state index contributed by atoms with van der Waals surface area (Å²) in [5, 5.41) is 14.0. The summed E-state index contributed by atoms with van der Waals surface area (Å²) >= 11 is 9.35. The van der Waals surface area contributed by atoms with Gasteiger partial charge in [0.05, 0.1) is 22.9 Å². The molecule has 0 fully saturated rings. The van der Waals surface area contributed by atoms with Crippen molar-refractivity contribution in [3.05, 3.63) is 51.2 Å². The molecule has 0 spiro atoms. The van der Waals surface area contributed by atoms with Gasteiger partial charge >= 0.3 is 0 Å². The van der Waals surface area contributed by atoms with Crippen LogP contribution in [-0.4, -0.2) is 21.5 Å². The second-order valence-corrected chi connectivity index (χ2v) is 5.34. The number of aromatic nitrogens is 2. The van der Waals surface area contributed by atoms with Crippen molar-refractivity contribution in [2.24, 2.45) is 0 Å². The Morgan fingerprint density at radius 3 is 2.67 bits per heavy atom. The third kappa shape index (κ3) is 3.34. The summed E-state index contributed by atoms with van der Waals surface area (Å²) in [7, 11) is 0. The standard InChI is InChI=1S/C13H14BrClN2O/c14-12-8-16-17(13(12)2-1-7-18)9-10-3-5-11(15)6-4-10/h3-6,8,18H,1-2,7,9H2. The second kappa shape index (κ2) is 6.36. The Kier molecular flexibility index (Phi) is 4.80. The Labute approximate surface area is 120 Å². The number of aliphatic hydroxyl groups is 1. The number of rotatable bonds is 5. The first-order valence-corrected chi connectivity index (χ1v) is 6.93. The zero-order valence-corrected chi connectivity index (χ0v) is 12.2. The van der Waals surface area contributed by atoms with Crippen LogP contribution in [-0.2, 0) is 13.0 Å². The van der Waals surface area contributed by atoms with E-state index in [9.17, 15) is 0 Å². The van der Waals surface area contributed by atoms with Gasteiger partial charge in [-0.1, -0.05) is 23.7 Å². The molecule has 0 atom stereocenters. The number of halogens is 2. The van der Waals surface area contributed by atoms with Crippen LogP contribution in [0.3, 0.4) is 0 Å². The molecule has 1 aromatic carbocycles. The highest BCUT2D eigenvalue weighted by molar-refractivity contribution is 9.10. The molecule has 2 aromatic rings. The minimum atomic E-state index is 0.193. The van der Waals surface area contributed by atoms with E-state index in [0.717, 1.165) is 33.6 Å². The van der Waals surface area contributed by atoms with Crippen molar-refractivity contribution >= 4 is 27.5 Å². The number of aliphatic hydroxyl groups excluding tert-OH is 1. The molecule has 0 aliphatic rings. The molecule has 0 saturated heterocycles. The molecule has 0 radical (unpaired) electrons. The van der Waals surface area contributed by atoms with Crippen molar-refractivity contribution in [3.63, 3.8) is 0 Å². The molecule has 1 aromatic heterocycles. The maximum absolute atomic E-state index is 8.91. The predicted molar refractivity (Wildman–Crippen MR) is 75.9 cm³/mol. The SMILES string of the molecule is OCCCc1c(Br)cnn1Cc1ccc(Cl)cc1. The van der Waals surface area contributed by atoms with E-state index in [1.54, 1.807) is 6.20 Å². The molecule has 18 heavy (non-hydrogen) atoms. The fourth-order valence-electron chi connectivity index (χ4n) is 1.78. The minimum absolute atomic E-state index is 0.193. The van der Waals surface area contributed by atoms with E-state index in [1.807, 2.05) is 28.9 Å². The lowest BCUT2D eigenvalue weighted by molar-refractivity contribution is 0.287. The summed E-state index contributed by atoms with van der Waals surface area (Å²) < 4.78 is 2.94. The van der Waals surface area contributed by atoms with Crippen LogP contribution < -0.4 is 0 Å². The lowest BCUT2D eigenvalue weighted by atomic mass is 10.2. The predicted octanol–water partition coefficient (Wildman–Crippen LogP) is 3.27.